The van der Waals surface area contributed by atoms with Crippen LogP contribution in [0.3, 0.4) is 0 Å². The standard InChI is InChI=1S/C26H31N5O4S/c1-18-24-11-10-22(16-25(24)29-28-18)35-13-12-27-17-26(32)19-6-4-7-20(14-19)30-36(33,34)23-9-5-8-21(15-23)31(2)3/h4-11,14-16,26-27,30,32H,12-13,17H2,1-3H3,(H,28,29). The molecule has 0 aliphatic heterocycles. The van der Waals surface area contributed by atoms with Gasteiger partial charge in [-0.2, -0.15) is 5.10 Å². The number of ether oxygens (including phenoxy) is 1. The summed E-state index contributed by atoms with van der Waals surface area (Å²) in [6, 6.07) is 19.3. The van der Waals surface area contributed by atoms with Crippen molar-refractivity contribution in [3.8, 4) is 5.75 Å². The first-order chi connectivity index (χ1) is 17.2. The van der Waals surface area contributed by atoms with Crippen molar-refractivity contribution in [3.63, 3.8) is 0 Å². The van der Waals surface area contributed by atoms with Crippen LogP contribution >= 0.6 is 0 Å². The minimum Gasteiger partial charge on any atom is -0.492 e. The molecule has 190 valence electrons. The first-order valence-electron chi connectivity index (χ1n) is 11.6. The number of rotatable bonds is 11. The summed E-state index contributed by atoms with van der Waals surface area (Å²) in [4.78, 5) is 2.01. The second-order valence-electron chi connectivity index (χ2n) is 8.71. The van der Waals surface area contributed by atoms with E-state index < -0.39 is 16.1 Å². The summed E-state index contributed by atoms with van der Waals surface area (Å²) in [5, 5.41) is 22.0. The van der Waals surface area contributed by atoms with Crippen molar-refractivity contribution in [3.05, 3.63) is 78.0 Å². The van der Waals surface area contributed by atoms with Gasteiger partial charge in [-0.3, -0.25) is 9.82 Å². The summed E-state index contributed by atoms with van der Waals surface area (Å²) >= 11 is 0. The number of sulfonamides is 1. The van der Waals surface area contributed by atoms with Crippen LogP contribution < -0.4 is 19.7 Å². The van der Waals surface area contributed by atoms with E-state index in [1.807, 2.05) is 50.2 Å². The molecule has 0 saturated carbocycles. The van der Waals surface area contributed by atoms with E-state index in [0.29, 0.717) is 30.9 Å². The van der Waals surface area contributed by atoms with E-state index in [1.165, 1.54) is 0 Å². The van der Waals surface area contributed by atoms with Crippen molar-refractivity contribution in [2.45, 2.75) is 17.9 Å². The van der Waals surface area contributed by atoms with Gasteiger partial charge < -0.3 is 20.1 Å². The van der Waals surface area contributed by atoms with Gasteiger partial charge in [0, 0.05) is 50.0 Å². The highest BCUT2D eigenvalue weighted by atomic mass is 32.2. The van der Waals surface area contributed by atoms with Gasteiger partial charge in [0.25, 0.3) is 10.0 Å². The number of aliphatic hydroxyl groups excluding tert-OH is 1. The molecule has 1 unspecified atom stereocenters. The number of fused-ring (bicyclic) bond motifs is 1. The summed E-state index contributed by atoms with van der Waals surface area (Å²) in [6.07, 6.45) is -0.809. The number of nitrogens with zero attached hydrogens (tertiary/aromatic N) is 2. The molecule has 1 atom stereocenters. The third-order valence-electron chi connectivity index (χ3n) is 5.78. The van der Waals surface area contributed by atoms with Crippen molar-refractivity contribution >= 4 is 32.3 Å². The zero-order valence-corrected chi connectivity index (χ0v) is 21.3. The van der Waals surface area contributed by atoms with Gasteiger partial charge in [-0.1, -0.05) is 18.2 Å². The molecular formula is C26H31N5O4S. The predicted molar refractivity (Wildman–Crippen MR) is 142 cm³/mol. The maximum absolute atomic E-state index is 12.9. The molecule has 0 saturated heterocycles. The number of H-pyrrole nitrogens is 1. The van der Waals surface area contributed by atoms with Gasteiger partial charge in [0.05, 0.1) is 22.2 Å². The Balaban J connectivity index is 1.29. The Labute approximate surface area is 211 Å². The van der Waals surface area contributed by atoms with Crippen molar-refractivity contribution < 1.29 is 18.3 Å². The summed E-state index contributed by atoms with van der Waals surface area (Å²) < 4.78 is 34.1. The molecule has 0 aliphatic rings. The molecule has 0 spiro atoms. The van der Waals surface area contributed by atoms with Gasteiger partial charge in [0.15, 0.2) is 0 Å². The molecule has 4 N–H and O–H groups in total. The molecule has 10 heteroatoms. The molecule has 1 heterocycles. The number of hydrogen-bond acceptors (Lipinski definition) is 7. The van der Waals surface area contributed by atoms with E-state index in [2.05, 4.69) is 20.2 Å². The first-order valence-corrected chi connectivity index (χ1v) is 13.1. The normalized spacial score (nSPS) is 12.4. The Morgan fingerprint density at radius 2 is 1.89 bits per heavy atom. The Hall–Kier alpha value is -3.60. The molecule has 0 aliphatic carbocycles. The van der Waals surface area contributed by atoms with E-state index in [9.17, 15) is 13.5 Å². The third kappa shape index (κ3) is 6.14. The molecule has 9 nitrogen and oxygen atoms in total. The molecular weight excluding hydrogens is 478 g/mol. The smallest absolute Gasteiger partial charge is 0.261 e. The number of aromatic nitrogens is 2. The fraction of sp³-hybridized carbons (Fsp3) is 0.269. The fourth-order valence-electron chi connectivity index (χ4n) is 3.78. The van der Waals surface area contributed by atoms with Gasteiger partial charge in [-0.15, -0.1) is 0 Å². The highest BCUT2D eigenvalue weighted by molar-refractivity contribution is 7.92. The van der Waals surface area contributed by atoms with Crippen LogP contribution in [0, 0.1) is 6.92 Å². The quantitative estimate of drug-likeness (QED) is 0.229. The Bertz CT molecular complexity index is 1440. The zero-order chi connectivity index (χ0) is 25.7. The van der Waals surface area contributed by atoms with Crippen molar-refractivity contribution in [2.75, 3.05) is 43.4 Å². The van der Waals surface area contributed by atoms with Crippen LogP contribution in [0.5, 0.6) is 5.75 Å². The Morgan fingerprint density at radius 1 is 1.08 bits per heavy atom. The third-order valence-corrected chi connectivity index (χ3v) is 7.16. The number of nitrogens with one attached hydrogen (secondary N) is 3. The SMILES string of the molecule is Cc1n[nH]c2cc(OCCNCC(O)c3cccc(NS(=O)(=O)c4cccc(N(C)C)c4)c3)ccc12. The average Bonchev–Trinajstić information content (AvgIpc) is 3.23. The Morgan fingerprint density at radius 3 is 2.69 bits per heavy atom. The van der Waals surface area contributed by atoms with Gasteiger partial charge in [-0.25, -0.2) is 8.42 Å². The van der Waals surface area contributed by atoms with E-state index >= 15 is 0 Å². The number of benzene rings is 3. The Kier molecular flexibility index (Phi) is 7.78. The lowest BCUT2D eigenvalue weighted by Gasteiger charge is -2.16. The second-order valence-corrected chi connectivity index (χ2v) is 10.4. The number of aromatic amines is 1. The molecule has 0 fully saturated rings. The number of anilines is 2. The molecule has 0 amide bonds. The average molecular weight is 510 g/mol. The van der Waals surface area contributed by atoms with Crippen molar-refractivity contribution in [1.82, 2.24) is 15.5 Å². The highest BCUT2D eigenvalue weighted by Gasteiger charge is 2.16. The number of aliphatic hydroxyl groups is 1. The summed E-state index contributed by atoms with van der Waals surface area (Å²) in [5.41, 5.74) is 3.64. The van der Waals surface area contributed by atoms with Crippen LogP contribution in [0.1, 0.15) is 17.4 Å². The highest BCUT2D eigenvalue weighted by Crippen LogP contribution is 2.23. The molecule has 1 aromatic heterocycles. The van der Waals surface area contributed by atoms with Crippen LogP contribution in [0.4, 0.5) is 11.4 Å². The fourth-order valence-corrected chi connectivity index (χ4v) is 4.86. The van der Waals surface area contributed by atoms with Gasteiger partial charge in [0.1, 0.15) is 12.4 Å². The van der Waals surface area contributed by atoms with Crippen LogP contribution in [0.25, 0.3) is 10.9 Å². The molecule has 0 bridgehead atoms. The van der Waals surface area contributed by atoms with E-state index in [4.69, 9.17) is 4.74 Å². The monoisotopic (exact) mass is 509 g/mol. The van der Waals surface area contributed by atoms with Crippen LogP contribution in [0.15, 0.2) is 71.6 Å². The lowest BCUT2D eigenvalue weighted by atomic mass is 10.1. The lowest BCUT2D eigenvalue weighted by Crippen LogP contribution is -2.26. The van der Waals surface area contributed by atoms with Crippen molar-refractivity contribution in [2.24, 2.45) is 0 Å². The summed E-state index contributed by atoms with van der Waals surface area (Å²) in [5.74, 6) is 0.740. The number of hydrogen-bond donors (Lipinski definition) is 4. The molecule has 4 aromatic rings. The topological polar surface area (TPSA) is 120 Å². The largest absolute Gasteiger partial charge is 0.492 e. The summed E-state index contributed by atoms with van der Waals surface area (Å²) in [7, 11) is -0.0675. The summed E-state index contributed by atoms with van der Waals surface area (Å²) in [6.45, 7) is 3.20. The second kappa shape index (κ2) is 11.0. The lowest BCUT2D eigenvalue weighted by molar-refractivity contribution is 0.172. The molecule has 0 radical (unpaired) electrons. The van der Waals surface area contributed by atoms with E-state index in [0.717, 1.165) is 28.0 Å². The minimum atomic E-state index is -3.77. The van der Waals surface area contributed by atoms with Gasteiger partial charge >= 0.3 is 0 Å². The number of aryl methyl sites for hydroxylation is 1. The van der Waals surface area contributed by atoms with E-state index in [1.54, 1.807) is 42.5 Å². The predicted octanol–water partition coefficient (Wildman–Crippen LogP) is 3.44. The zero-order valence-electron chi connectivity index (χ0n) is 20.5. The maximum atomic E-state index is 12.9. The maximum Gasteiger partial charge on any atom is 0.261 e. The van der Waals surface area contributed by atoms with Crippen molar-refractivity contribution in [1.29, 1.82) is 0 Å². The van der Waals surface area contributed by atoms with Gasteiger partial charge in [0.2, 0.25) is 0 Å². The molecule has 3 aromatic carbocycles. The first kappa shape index (κ1) is 25.5. The van der Waals surface area contributed by atoms with Crippen LogP contribution in [-0.4, -0.2) is 57.5 Å². The van der Waals surface area contributed by atoms with Crippen LogP contribution in [0.2, 0.25) is 0 Å². The van der Waals surface area contributed by atoms with E-state index in [-0.39, 0.29) is 4.90 Å². The minimum absolute atomic E-state index is 0.170. The molecule has 36 heavy (non-hydrogen) atoms. The van der Waals surface area contributed by atoms with Gasteiger partial charge in [-0.05, 0) is 55.0 Å². The van der Waals surface area contributed by atoms with Crippen LogP contribution in [-0.2, 0) is 10.0 Å². The molecule has 4 rings (SSSR count).